The maximum atomic E-state index is 8.82. The molecular weight excluding hydrogens is 138 g/mol. The van der Waals surface area contributed by atoms with Crippen LogP contribution in [0.25, 0.3) is 0 Å². The molecule has 1 atom stereocenters. The topological polar surface area (TPSA) is 33.0 Å². The minimum atomic E-state index is -0.518. The summed E-state index contributed by atoms with van der Waals surface area (Å²) in [5.74, 6) is 0.756. The third-order valence-electron chi connectivity index (χ3n) is 2.07. The van der Waals surface area contributed by atoms with Crippen molar-refractivity contribution in [3.05, 3.63) is 0 Å². The summed E-state index contributed by atoms with van der Waals surface area (Å²) in [6.45, 7) is 4.45. The van der Waals surface area contributed by atoms with Crippen LogP contribution in [0.2, 0.25) is 0 Å². The van der Waals surface area contributed by atoms with E-state index in [2.05, 4.69) is 6.07 Å². The van der Waals surface area contributed by atoms with Gasteiger partial charge in [0.1, 0.15) is 0 Å². The fourth-order valence-electron chi connectivity index (χ4n) is 1.33. The van der Waals surface area contributed by atoms with Crippen molar-refractivity contribution in [2.45, 2.75) is 38.7 Å². The van der Waals surface area contributed by atoms with Crippen LogP contribution in [-0.2, 0) is 4.74 Å². The van der Waals surface area contributed by atoms with Gasteiger partial charge in [-0.2, -0.15) is 5.26 Å². The third kappa shape index (κ3) is 2.51. The monoisotopic (exact) mass is 153 g/mol. The molecule has 2 nitrogen and oxygen atoms in total. The fraction of sp³-hybridized carbons (Fsp3) is 0.889. The zero-order valence-corrected chi connectivity index (χ0v) is 7.26. The molecule has 0 bridgehead atoms. The van der Waals surface area contributed by atoms with E-state index in [9.17, 15) is 0 Å². The van der Waals surface area contributed by atoms with Gasteiger partial charge in [-0.25, -0.2) is 0 Å². The van der Waals surface area contributed by atoms with E-state index >= 15 is 0 Å². The molecule has 1 aliphatic carbocycles. The molecule has 0 saturated heterocycles. The summed E-state index contributed by atoms with van der Waals surface area (Å²) >= 11 is 0. The Kier molecular flexibility index (Phi) is 2.51. The van der Waals surface area contributed by atoms with Crippen LogP contribution in [0.15, 0.2) is 0 Å². The Balaban J connectivity index is 2.37. The average molecular weight is 153 g/mol. The fourth-order valence-corrected chi connectivity index (χ4v) is 1.33. The zero-order chi connectivity index (χ0) is 8.32. The van der Waals surface area contributed by atoms with Gasteiger partial charge in [0, 0.05) is 6.61 Å². The zero-order valence-electron chi connectivity index (χ0n) is 7.26. The summed E-state index contributed by atoms with van der Waals surface area (Å²) in [5, 5.41) is 8.82. The normalized spacial score (nSPS) is 22.3. The van der Waals surface area contributed by atoms with Gasteiger partial charge >= 0.3 is 0 Å². The summed E-state index contributed by atoms with van der Waals surface area (Å²) < 4.78 is 5.37. The smallest absolute Gasteiger partial charge is 0.151 e. The second-order valence-electron chi connectivity index (χ2n) is 3.42. The molecule has 2 heteroatoms. The van der Waals surface area contributed by atoms with Crippen LogP contribution in [0.5, 0.6) is 0 Å². The predicted octanol–water partition coefficient (Wildman–Crippen LogP) is 2.11. The molecule has 0 aromatic carbocycles. The number of ether oxygens (including phenoxy) is 1. The van der Waals surface area contributed by atoms with Crippen molar-refractivity contribution in [2.24, 2.45) is 5.92 Å². The molecule has 0 radical (unpaired) electrons. The van der Waals surface area contributed by atoms with E-state index in [1.807, 2.05) is 13.8 Å². The quantitative estimate of drug-likeness (QED) is 0.619. The van der Waals surface area contributed by atoms with Gasteiger partial charge in [0.15, 0.2) is 5.60 Å². The number of hydrogen-bond donors (Lipinski definition) is 0. The van der Waals surface area contributed by atoms with Crippen LogP contribution in [0.4, 0.5) is 0 Å². The van der Waals surface area contributed by atoms with Crippen molar-refractivity contribution in [3.63, 3.8) is 0 Å². The molecule has 62 valence electrons. The maximum Gasteiger partial charge on any atom is 0.151 e. The molecule has 0 spiro atoms. The summed E-state index contributed by atoms with van der Waals surface area (Å²) in [6.07, 6.45) is 3.48. The molecule has 0 aliphatic heterocycles. The van der Waals surface area contributed by atoms with Gasteiger partial charge in [0.25, 0.3) is 0 Å². The van der Waals surface area contributed by atoms with Crippen LogP contribution in [0.1, 0.15) is 33.1 Å². The molecule has 1 aliphatic rings. The Morgan fingerprint density at radius 2 is 2.27 bits per heavy atom. The Labute approximate surface area is 68.2 Å². The lowest BCUT2D eigenvalue weighted by Gasteiger charge is -2.20. The van der Waals surface area contributed by atoms with Crippen molar-refractivity contribution in [2.75, 3.05) is 6.61 Å². The van der Waals surface area contributed by atoms with Crippen LogP contribution in [-0.4, -0.2) is 12.2 Å². The van der Waals surface area contributed by atoms with Crippen molar-refractivity contribution >= 4 is 0 Å². The third-order valence-corrected chi connectivity index (χ3v) is 2.07. The van der Waals surface area contributed by atoms with Gasteiger partial charge < -0.3 is 4.74 Å². The van der Waals surface area contributed by atoms with Crippen LogP contribution in [0, 0.1) is 17.2 Å². The predicted molar refractivity (Wildman–Crippen MR) is 43.0 cm³/mol. The first-order chi connectivity index (χ1) is 5.20. The lowest BCUT2D eigenvalue weighted by molar-refractivity contribution is 0.00956. The molecule has 1 saturated carbocycles. The van der Waals surface area contributed by atoms with E-state index in [-0.39, 0.29) is 0 Å². The van der Waals surface area contributed by atoms with E-state index in [0.717, 1.165) is 12.3 Å². The first kappa shape index (κ1) is 8.55. The highest BCUT2D eigenvalue weighted by atomic mass is 16.5. The van der Waals surface area contributed by atoms with Crippen LogP contribution < -0.4 is 0 Å². The van der Waals surface area contributed by atoms with Gasteiger partial charge in [-0.15, -0.1) is 0 Å². The molecule has 1 fully saturated rings. The average Bonchev–Trinajstić information content (AvgIpc) is 2.73. The number of hydrogen-bond acceptors (Lipinski definition) is 2. The van der Waals surface area contributed by atoms with Gasteiger partial charge in [0.05, 0.1) is 6.07 Å². The second-order valence-corrected chi connectivity index (χ2v) is 3.42. The van der Waals surface area contributed by atoms with Crippen molar-refractivity contribution in [1.82, 2.24) is 0 Å². The minimum absolute atomic E-state index is 0.518. The summed E-state index contributed by atoms with van der Waals surface area (Å²) in [5.41, 5.74) is -0.518. The molecule has 0 N–H and O–H groups in total. The SMILES string of the molecule is CCOC(C)(C#N)CC1CC1. The molecule has 0 heterocycles. The Hall–Kier alpha value is -0.550. The lowest BCUT2D eigenvalue weighted by atomic mass is 10.0. The second kappa shape index (κ2) is 3.23. The number of nitriles is 1. The van der Waals surface area contributed by atoms with Crippen LogP contribution in [0.3, 0.4) is 0 Å². The standard InChI is InChI=1S/C9H15NO/c1-3-11-9(2,7-10)6-8-4-5-8/h8H,3-6H2,1-2H3. The lowest BCUT2D eigenvalue weighted by Crippen LogP contribution is -2.27. The maximum absolute atomic E-state index is 8.82. The highest BCUT2D eigenvalue weighted by Gasteiger charge is 2.33. The van der Waals surface area contributed by atoms with Gasteiger partial charge in [-0.05, 0) is 26.2 Å². The molecule has 1 rings (SSSR count). The highest BCUT2D eigenvalue weighted by molar-refractivity contribution is 5.01. The van der Waals surface area contributed by atoms with Crippen LogP contribution >= 0.6 is 0 Å². The van der Waals surface area contributed by atoms with Crippen molar-refractivity contribution in [1.29, 1.82) is 5.26 Å². The number of nitrogens with zero attached hydrogens (tertiary/aromatic N) is 1. The molecular formula is C9H15NO. The molecule has 11 heavy (non-hydrogen) atoms. The largest absolute Gasteiger partial charge is 0.361 e. The van der Waals surface area contributed by atoms with Gasteiger partial charge in [-0.1, -0.05) is 12.8 Å². The highest BCUT2D eigenvalue weighted by Crippen LogP contribution is 2.37. The van der Waals surface area contributed by atoms with E-state index in [1.165, 1.54) is 12.8 Å². The van der Waals surface area contributed by atoms with E-state index < -0.39 is 5.60 Å². The van der Waals surface area contributed by atoms with Gasteiger partial charge in [0.2, 0.25) is 0 Å². The number of rotatable bonds is 4. The Morgan fingerprint density at radius 1 is 1.64 bits per heavy atom. The molecule has 0 amide bonds. The summed E-state index contributed by atoms with van der Waals surface area (Å²) in [7, 11) is 0. The Morgan fingerprint density at radius 3 is 2.64 bits per heavy atom. The molecule has 0 aromatic heterocycles. The first-order valence-corrected chi connectivity index (χ1v) is 4.25. The Bertz CT molecular complexity index is 169. The van der Waals surface area contributed by atoms with E-state index in [1.54, 1.807) is 0 Å². The molecule has 0 aromatic rings. The molecule has 1 unspecified atom stereocenters. The van der Waals surface area contributed by atoms with Gasteiger partial charge in [-0.3, -0.25) is 0 Å². The summed E-state index contributed by atoms with van der Waals surface area (Å²) in [4.78, 5) is 0. The summed E-state index contributed by atoms with van der Waals surface area (Å²) in [6, 6.07) is 2.23. The van der Waals surface area contributed by atoms with Crippen molar-refractivity contribution in [3.8, 4) is 6.07 Å². The van der Waals surface area contributed by atoms with Crippen molar-refractivity contribution < 1.29 is 4.74 Å². The first-order valence-electron chi connectivity index (χ1n) is 4.25. The van der Waals surface area contributed by atoms with E-state index in [0.29, 0.717) is 6.61 Å². The van der Waals surface area contributed by atoms with E-state index in [4.69, 9.17) is 10.00 Å². The minimum Gasteiger partial charge on any atom is -0.361 e.